The van der Waals surface area contributed by atoms with Crippen LogP contribution in [0.5, 0.6) is 0 Å². The van der Waals surface area contributed by atoms with Crippen LogP contribution >= 0.6 is 0 Å². The van der Waals surface area contributed by atoms with E-state index in [0.717, 1.165) is 0 Å². The number of carbonyl (C=O) groups is 1. The van der Waals surface area contributed by atoms with Gasteiger partial charge in [-0.3, -0.25) is 4.79 Å². The molecule has 0 N–H and O–H groups in total. The van der Waals surface area contributed by atoms with Gasteiger partial charge in [-0.25, -0.2) is 0 Å². The highest BCUT2D eigenvalue weighted by molar-refractivity contribution is 5.72. The molecule has 1 rings (SSSR count). The Balaban J connectivity index is 2.64. The fourth-order valence-corrected chi connectivity index (χ4v) is 1.08. The summed E-state index contributed by atoms with van der Waals surface area (Å²) in [6.45, 7) is 4.32. The second kappa shape index (κ2) is 4.08. The maximum Gasteiger partial charge on any atom is 0.219 e. The summed E-state index contributed by atoms with van der Waals surface area (Å²) in [5.74, 6) is 0.0978. The van der Waals surface area contributed by atoms with Crippen molar-refractivity contribution in [3.63, 3.8) is 0 Å². The molecule has 13 heavy (non-hydrogen) atoms. The fourth-order valence-electron chi connectivity index (χ4n) is 1.08. The lowest BCUT2D eigenvalue weighted by Crippen LogP contribution is -2.22. The van der Waals surface area contributed by atoms with Crippen molar-refractivity contribution in [3.05, 3.63) is 35.4 Å². The van der Waals surface area contributed by atoms with Gasteiger partial charge in [0.2, 0.25) is 5.91 Å². The minimum Gasteiger partial charge on any atom is -0.342 e. The third-order valence-electron chi connectivity index (χ3n) is 2.08. The quantitative estimate of drug-likeness (QED) is 0.676. The first-order valence-corrected chi connectivity index (χ1v) is 4.37. The van der Waals surface area contributed by atoms with E-state index in [4.69, 9.17) is 0 Å². The molecule has 0 aromatic heterocycles. The number of amides is 1. The Hall–Kier alpha value is -1.31. The Morgan fingerprint density at radius 2 is 1.85 bits per heavy atom. The molecular weight excluding hydrogens is 162 g/mol. The van der Waals surface area contributed by atoms with Crippen LogP contribution in [0.2, 0.25) is 0 Å². The van der Waals surface area contributed by atoms with Crippen LogP contribution < -0.4 is 0 Å². The van der Waals surface area contributed by atoms with Gasteiger partial charge in [0, 0.05) is 20.5 Å². The SMILES string of the molecule is CC(=O)N(C)Cc1ccc(C)cc1. The number of carbonyl (C=O) groups excluding carboxylic acids is 1. The van der Waals surface area contributed by atoms with Gasteiger partial charge in [0.15, 0.2) is 0 Å². The first-order chi connectivity index (χ1) is 6.09. The van der Waals surface area contributed by atoms with E-state index >= 15 is 0 Å². The monoisotopic (exact) mass is 177 g/mol. The lowest BCUT2D eigenvalue weighted by atomic mass is 10.1. The Morgan fingerprint density at radius 3 is 2.31 bits per heavy atom. The lowest BCUT2D eigenvalue weighted by molar-refractivity contribution is -0.128. The van der Waals surface area contributed by atoms with Gasteiger partial charge in [0.05, 0.1) is 0 Å². The molecule has 1 aromatic carbocycles. The number of rotatable bonds is 2. The van der Waals surface area contributed by atoms with Crippen LogP contribution in [0.25, 0.3) is 0 Å². The zero-order valence-corrected chi connectivity index (χ0v) is 8.37. The molecule has 0 saturated heterocycles. The van der Waals surface area contributed by atoms with Crippen molar-refractivity contribution >= 4 is 5.91 Å². The van der Waals surface area contributed by atoms with Gasteiger partial charge < -0.3 is 4.90 Å². The lowest BCUT2D eigenvalue weighted by Gasteiger charge is -2.14. The van der Waals surface area contributed by atoms with Crippen LogP contribution in [-0.4, -0.2) is 17.9 Å². The number of benzene rings is 1. The molecule has 0 saturated carbocycles. The maximum atomic E-state index is 10.9. The molecule has 0 radical (unpaired) electrons. The summed E-state index contributed by atoms with van der Waals surface area (Å²) in [4.78, 5) is 12.6. The summed E-state index contributed by atoms with van der Waals surface area (Å²) < 4.78 is 0. The number of aryl methyl sites for hydroxylation is 1. The van der Waals surface area contributed by atoms with Crippen molar-refractivity contribution in [2.75, 3.05) is 7.05 Å². The Kier molecular flexibility index (Phi) is 3.07. The molecule has 1 amide bonds. The molecule has 0 bridgehead atoms. The van der Waals surface area contributed by atoms with Crippen molar-refractivity contribution in [3.8, 4) is 0 Å². The number of nitrogens with zero attached hydrogens (tertiary/aromatic N) is 1. The topological polar surface area (TPSA) is 20.3 Å². The smallest absolute Gasteiger partial charge is 0.219 e. The zero-order valence-electron chi connectivity index (χ0n) is 8.37. The molecule has 0 atom stereocenters. The van der Waals surface area contributed by atoms with E-state index in [0.29, 0.717) is 6.54 Å². The van der Waals surface area contributed by atoms with Crippen molar-refractivity contribution in [1.29, 1.82) is 0 Å². The van der Waals surface area contributed by atoms with Crippen molar-refractivity contribution in [1.82, 2.24) is 4.90 Å². The average molecular weight is 177 g/mol. The van der Waals surface area contributed by atoms with Crippen molar-refractivity contribution in [2.24, 2.45) is 0 Å². The van der Waals surface area contributed by atoms with Crippen LogP contribution in [0.1, 0.15) is 18.1 Å². The van der Waals surface area contributed by atoms with E-state index in [-0.39, 0.29) is 5.91 Å². The highest BCUT2D eigenvalue weighted by Gasteiger charge is 2.01. The highest BCUT2D eigenvalue weighted by Crippen LogP contribution is 2.05. The minimum atomic E-state index is 0.0978. The standard InChI is InChI=1S/C11H15NO/c1-9-4-6-11(7-5-9)8-12(3)10(2)13/h4-7H,8H2,1-3H3. The van der Waals surface area contributed by atoms with Crippen LogP contribution in [0.3, 0.4) is 0 Å². The van der Waals surface area contributed by atoms with Crippen LogP contribution in [0.4, 0.5) is 0 Å². The average Bonchev–Trinajstić information content (AvgIpc) is 2.08. The molecule has 0 fully saturated rings. The summed E-state index contributed by atoms with van der Waals surface area (Å²) in [5, 5.41) is 0. The molecule has 0 aliphatic heterocycles. The zero-order chi connectivity index (χ0) is 9.84. The third kappa shape index (κ3) is 2.90. The van der Waals surface area contributed by atoms with E-state index in [1.165, 1.54) is 11.1 Å². The molecule has 2 heteroatoms. The molecule has 0 aliphatic rings. The van der Waals surface area contributed by atoms with E-state index in [1.54, 1.807) is 11.8 Å². The van der Waals surface area contributed by atoms with Crippen LogP contribution in [0.15, 0.2) is 24.3 Å². The van der Waals surface area contributed by atoms with Gasteiger partial charge in [0.1, 0.15) is 0 Å². The molecule has 1 aromatic rings. The summed E-state index contributed by atoms with van der Waals surface area (Å²) in [7, 11) is 1.81. The van der Waals surface area contributed by atoms with E-state index in [2.05, 4.69) is 31.2 Å². The first kappa shape index (κ1) is 9.78. The first-order valence-electron chi connectivity index (χ1n) is 4.37. The molecule has 0 spiro atoms. The van der Waals surface area contributed by atoms with E-state index in [1.807, 2.05) is 7.05 Å². The van der Waals surface area contributed by atoms with E-state index in [9.17, 15) is 4.79 Å². The van der Waals surface area contributed by atoms with Gasteiger partial charge in [-0.1, -0.05) is 29.8 Å². The van der Waals surface area contributed by atoms with E-state index < -0.39 is 0 Å². The van der Waals surface area contributed by atoms with Crippen molar-refractivity contribution in [2.45, 2.75) is 20.4 Å². The summed E-state index contributed by atoms with van der Waals surface area (Å²) in [6.07, 6.45) is 0. The summed E-state index contributed by atoms with van der Waals surface area (Å²) in [6, 6.07) is 8.22. The number of hydrogen-bond acceptors (Lipinski definition) is 1. The number of hydrogen-bond donors (Lipinski definition) is 0. The van der Waals surface area contributed by atoms with Crippen molar-refractivity contribution < 1.29 is 4.79 Å². The largest absolute Gasteiger partial charge is 0.342 e. The Bertz CT molecular complexity index is 289. The summed E-state index contributed by atoms with van der Waals surface area (Å²) >= 11 is 0. The molecule has 0 aliphatic carbocycles. The van der Waals surface area contributed by atoms with Gasteiger partial charge in [-0.05, 0) is 12.5 Å². The van der Waals surface area contributed by atoms with Gasteiger partial charge in [0.25, 0.3) is 0 Å². The Morgan fingerprint density at radius 1 is 1.31 bits per heavy atom. The predicted octanol–water partition coefficient (Wildman–Crippen LogP) is 1.97. The van der Waals surface area contributed by atoms with Gasteiger partial charge in [-0.2, -0.15) is 0 Å². The second-order valence-electron chi connectivity index (χ2n) is 3.36. The molecule has 70 valence electrons. The second-order valence-corrected chi connectivity index (χ2v) is 3.36. The fraction of sp³-hybridized carbons (Fsp3) is 0.364. The molecule has 0 unspecified atom stereocenters. The van der Waals surface area contributed by atoms with Crippen LogP contribution in [-0.2, 0) is 11.3 Å². The normalized spacial score (nSPS) is 9.77. The minimum absolute atomic E-state index is 0.0978. The maximum absolute atomic E-state index is 10.9. The molecular formula is C11H15NO. The van der Waals surface area contributed by atoms with Gasteiger partial charge in [-0.15, -0.1) is 0 Å². The highest BCUT2D eigenvalue weighted by atomic mass is 16.2. The molecule has 0 heterocycles. The van der Waals surface area contributed by atoms with Gasteiger partial charge >= 0.3 is 0 Å². The van der Waals surface area contributed by atoms with Crippen LogP contribution in [0, 0.1) is 6.92 Å². The third-order valence-corrected chi connectivity index (χ3v) is 2.08. The predicted molar refractivity (Wildman–Crippen MR) is 53.3 cm³/mol. The Labute approximate surface area is 79.2 Å². The summed E-state index contributed by atoms with van der Waals surface area (Å²) in [5.41, 5.74) is 2.41. The molecule has 2 nitrogen and oxygen atoms in total.